The summed E-state index contributed by atoms with van der Waals surface area (Å²) in [5, 5.41) is 3.27. The van der Waals surface area contributed by atoms with E-state index in [2.05, 4.69) is 10.3 Å². The van der Waals surface area contributed by atoms with Crippen LogP contribution in [-0.2, 0) is 9.47 Å². The largest absolute Gasteiger partial charge is 0.462 e. The maximum Gasteiger partial charge on any atom is 0.407 e. The summed E-state index contributed by atoms with van der Waals surface area (Å²) >= 11 is 1.23. The zero-order chi connectivity index (χ0) is 15.9. The number of hydrogen-bond donors (Lipinski definition) is 1. The van der Waals surface area contributed by atoms with Crippen LogP contribution in [0.4, 0.5) is 4.79 Å². The molecule has 0 unspecified atom stereocenters. The number of esters is 1. The molecule has 0 saturated heterocycles. The Morgan fingerprint density at radius 1 is 1.43 bits per heavy atom. The van der Waals surface area contributed by atoms with E-state index in [0.717, 1.165) is 0 Å². The molecule has 0 aliphatic heterocycles. The Balaban J connectivity index is 2.41. The first-order chi connectivity index (χ1) is 9.81. The van der Waals surface area contributed by atoms with E-state index in [1.807, 2.05) is 0 Å². The summed E-state index contributed by atoms with van der Waals surface area (Å²) in [6, 6.07) is 0. The van der Waals surface area contributed by atoms with Crippen LogP contribution in [0, 0.1) is 0 Å². The van der Waals surface area contributed by atoms with Crippen molar-refractivity contribution in [3.63, 3.8) is 0 Å². The number of amides is 1. The van der Waals surface area contributed by atoms with Gasteiger partial charge in [0.25, 0.3) is 0 Å². The zero-order valence-electron chi connectivity index (χ0n) is 12.6. The fraction of sp³-hybridized carbons (Fsp3) is 0.500. The molecule has 1 rings (SSSR count). The minimum absolute atomic E-state index is 0.323. The van der Waals surface area contributed by atoms with Crippen LogP contribution < -0.4 is 5.32 Å². The van der Waals surface area contributed by atoms with Crippen LogP contribution in [0.15, 0.2) is 12.3 Å². The van der Waals surface area contributed by atoms with Crippen LogP contribution >= 0.6 is 11.3 Å². The van der Waals surface area contributed by atoms with Crippen LogP contribution in [0.25, 0.3) is 6.08 Å². The summed E-state index contributed by atoms with van der Waals surface area (Å²) in [6.07, 6.45) is 4.46. The Kier molecular flexibility index (Phi) is 6.36. The van der Waals surface area contributed by atoms with E-state index < -0.39 is 11.7 Å². The Hall–Kier alpha value is -1.89. The lowest BCUT2D eigenvalue weighted by molar-refractivity contribution is 0.0522. The van der Waals surface area contributed by atoms with Gasteiger partial charge < -0.3 is 14.8 Å². The van der Waals surface area contributed by atoms with Crippen LogP contribution in [0.1, 0.15) is 42.4 Å². The molecular weight excluding hydrogens is 292 g/mol. The lowest BCUT2D eigenvalue weighted by Crippen LogP contribution is -2.32. The van der Waals surface area contributed by atoms with Gasteiger partial charge in [0.05, 0.1) is 12.8 Å². The van der Waals surface area contributed by atoms with Gasteiger partial charge in [-0.2, -0.15) is 0 Å². The second-order valence-corrected chi connectivity index (χ2v) is 6.13. The van der Waals surface area contributed by atoms with E-state index >= 15 is 0 Å². The first-order valence-corrected chi connectivity index (χ1v) is 7.40. The lowest BCUT2D eigenvalue weighted by Gasteiger charge is -2.19. The molecule has 0 fully saturated rings. The quantitative estimate of drug-likeness (QED) is 0.846. The van der Waals surface area contributed by atoms with Crippen molar-refractivity contribution < 1.29 is 19.1 Å². The highest BCUT2D eigenvalue weighted by Crippen LogP contribution is 2.15. The predicted octanol–water partition coefficient (Wildman–Crippen LogP) is 2.86. The number of nitrogens with zero attached hydrogens (tertiary/aromatic N) is 1. The van der Waals surface area contributed by atoms with Crippen molar-refractivity contribution >= 4 is 29.5 Å². The third-order valence-corrected chi connectivity index (χ3v) is 2.97. The minimum atomic E-state index is -0.516. The van der Waals surface area contributed by atoms with Crippen molar-refractivity contribution in [2.45, 2.75) is 33.3 Å². The Morgan fingerprint density at radius 2 is 2.14 bits per heavy atom. The molecule has 0 saturated carbocycles. The monoisotopic (exact) mass is 312 g/mol. The summed E-state index contributed by atoms with van der Waals surface area (Å²) in [5.41, 5.74) is -0.516. The summed E-state index contributed by atoms with van der Waals surface area (Å²) < 4.78 is 9.97. The summed E-state index contributed by atoms with van der Waals surface area (Å²) in [6.45, 7) is 7.81. The van der Waals surface area contributed by atoms with Gasteiger partial charge in [0.2, 0.25) is 0 Å². The smallest absolute Gasteiger partial charge is 0.407 e. The van der Waals surface area contributed by atoms with Crippen molar-refractivity contribution in [1.82, 2.24) is 10.3 Å². The first-order valence-electron chi connectivity index (χ1n) is 6.58. The second kappa shape index (κ2) is 7.78. The average molecular weight is 312 g/mol. The predicted molar refractivity (Wildman–Crippen MR) is 81.3 cm³/mol. The molecule has 0 aromatic carbocycles. The summed E-state index contributed by atoms with van der Waals surface area (Å²) in [4.78, 5) is 27.4. The molecule has 1 heterocycles. The van der Waals surface area contributed by atoms with Gasteiger partial charge in [-0.25, -0.2) is 14.6 Å². The van der Waals surface area contributed by atoms with Gasteiger partial charge in [-0.1, -0.05) is 6.08 Å². The van der Waals surface area contributed by atoms with Crippen LogP contribution in [-0.4, -0.2) is 35.8 Å². The van der Waals surface area contributed by atoms with E-state index in [-0.39, 0.29) is 5.97 Å². The molecular formula is C14H20N2O4S. The number of carbonyl (C=O) groups excluding carboxylic acids is 2. The molecule has 6 nitrogen and oxygen atoms in total. The van der Waals surface area contributed by atoms with E-state index in [4.69, 9.17) is 9.47 Å². The molecule has 1 amide bonds. The summed E-state index contributed by atoms with van der Waals surface area (Å²) in [5.74, 6) is -0.374. The van der Waals surface area contributed by atoms with Crippen molar-refractivity contribution in [2.24, 2.45) is 0 Å². The van der Waals surface area contributed by atoms with E-state index in [0.29, 0.717) is 23.0 Å². The number of aromatic nitrogens is 1. The number of hydrogen-bond acceptors (Lipinski definition) is 6. The normalized spacial score (nSPS) is 11.4. The third kappa shape index (κ3) is 6.89. The van der Waals surface area contributed by atoms with E-state index in [1.165, 1.54) is 17.5 Å². The minimum Gasteiger partial charge on any atom is -0.462 e. The van der Waals surface area contributed by atoms with Gasteiger partial charge in [0, 0.05) is 6.54 Å². The maximum absolute atomic E-state index is 11.5. The van der Waals surface area contributed by atoms with Gasteiger partial charge in [-0.05, 0) is 33.8 Å². The van der Waals surface area contributed by atoms with Crippen molar-refractivity contribution in [2.75, 3.05) is 13.2 Å². The molecule has 1 aromatic heterocycles. The van der Waals surface area contributed by atoms with Crippen molar-refractivity contribution in [3.05, 3.63) is 22.2 Å². The third-order valence-electron chi connectivity index (χ3n) is 2.02. The number of thiazole rings is 1. The van der Waals surface area contributed by atoms with E-state index in [9.17, 15) is 9.59 Å². The highest BCUT2D eigenvalue weighted by atomic mass is 32.1. The fourth-order valence-electron chi connectivity index (χ4n) is 1.28. The van der Waals surface area contributed by atoms with Gasteiger partial charge in [-0.15, -0.1) is 11.3 Å². The number of nitrogens with one attached hydrogen (secondary N) is 1. The van der Waals surface area contributed by atoms with Gasteiger partial charge >= 0.3 is 12.1 Å². The van der Waals surface area contributed by atoms with Crippen molar-refractivity contribution in [1.29, 1.82) is 0 Å². The molecule has 7 heteroatoms. The topological polar surface area (TPSA) is 77.5 Å². The second-order valence-electron chi connectivity index (χ2n) is 5.07. The molecule has 116 valence electrons. The summed E-state index contributed by atoms with van der Waals surface area (Å²) in [7, 11) is 0. The Morgan fingerprint density at radius 3 is 2.76 bits per heavy atom. The molecule has 0 aliphatic rings. The number of carbonyl (C=O) groups is 2. The van der Waals surface area contributed by atoms with Gasteiger partial charge in [-0.3, -0.25) is 0 Å². The SMILES string of the molecule is CCOC(=O)c1cnc(C=CCNC(=O)OC(C)(C)C)s1. The molecule has 0 aliphatic carbocycles. The van der Waals surface area contributed by atoms with Crippen LogP contribution in [0.3, 0.4) is 0 Å². The number of ether oxygens (including phenoxy) is 2. The van der Waals surface area contributed by atoms with E-state index in [1.54, 1.807) is 39.8 Å². The number of rotatable bonds is 5. The highest BCUT2D eigenvalue weighted by molar-refractivity contribution is 7.14. The Labute approximate surface area is 128 Å². The molecule has 1 N–H and O–H groups in total. The molecule has 1 aromatic rings. The highest BCUT2D eigenvalue weighted by Gasteiger charge is 2.15. The molecule has 21 heavy (non-hydrogen) atoms. The standard InChI is InChI=1S/C14H20N2O4S/c1-5-19-12(17)10-9-16-11(21-10)7-6-8-15-13(18)20-14(2,3)4/h6-7,9H,5,8H2,1-4H3,(H,15,18). The average Bonchev–Trinajstić information content (AvgIpc) is 2.81. The lowest BCUT2D eigenvalue weighted by atomic mass is 10.2. The molecule has 0 radical (unpaired) electrons. The van der Waals surface area contributed by atoms with Gasteiger partial charge in [0.1, 0.15) is 15.5 Å². The van der Waals surface area contributed by atoms with Crippen LogP contribution in [0.2, 0.25) is 0 Å². The maximum atomic E-state index is 11.5. The van der Waals surface area contributed by atoms with Gasteiger partial charge in [0.15, 0.2) is 0 Å². The van der Waals surface area contributed by atoms with Crippen molar-refractivity contribution in [3.8, 4) is 0 Å². The van der Waals surface area contributed by atoms with Crippen LogP contribution in [0.5, 0.6) is 0 Å². The first kappa shape index (κ1) is 17.2. The zero-order valence-corrected chi connectivity index (χ0v) is 13.5. The molecule has 0 bridgehead atoms. The number of alkyl carbamates (subject to hydrolysis) is 1. The molecule has 0 spiro atoms. The molecule has 0 atom stereocenters. The fourth-order valence-corrected chi connectivity index (χ4v) is 2.02. The Bertz CT molecular complexity index is 517.